The summed E-state index contributed by atoms with van der Waals surface area (Å²) in [6.45, 7) is 9.86. The summed E-state index contributed by atoms with van der Waals surface area (Å²) in [5.74, 6) is 0.884. The van der Waals surface area contributed by atoms with Crippen LogP contribution in [0.15, 0.2) is 0 Å². The van der Waals surface area contributed by atoms with Crippen molar-refractivity contribution in [2.45, 2.75) is 71.8 Å². The minimum Gasteiger partial charge on any atom is -0.300 e. The fourth-order valence-electron chi connectivity index (χ4n) is 2.64. The summed E-state index contributed by atoms with van der Waals surface area (Å²) in [7, 11) is 0. The highest BCUT2D eigenvalue weighted by molar-refractivity contribution is 4.75. The van der Waals surface area contributed by atoms with Crippen molar-refractivity contribution in [2.75, 3.05) is 13.1 Å². The summed E-state index contributed by atoms with van der Waals surface area (Å²) in [5.41, 5.74) is 0. The van der Waals surface area contributed by atoms with Gasteiger partial charge in [-0.3, -0.25) is 0 Å². The molecule has 1 aliphatic rings. The third kappa shape index (κ3) is 4.55. The molecule has 90 valence electrons. The first kappa shape index (κ1) is 13.0. The van der Waals surface area contributed by atoms with Crippen LogP contribution in [0, 0.1) is 5.92 Å². The Balaban J connectivity index is 2.21. The fourth-order valence-corrected chi connectivity index (χ4v) is 2.64. The Bertz CT molecular complexity index is 149. The van der Waals surface area contributed by atoms with E-state index in [-0.39, 0.29) is 0 Å². The highest BCUT2D eigenvalue weighted by atomic mass is 15.2. The zero-order valence-corrected chi connectivity index (χ0v) is 11.0. The maximum atomic E-state index is 2.71. The molecular weight excluding hydrogens is 182 g/mol. The maximum absolute atomic E-state index is 2.71. The van der Waals surface area contributed by atoms with E-state index >= 15 is 0 Å². The molecule has 0 aromatic heterocycles. The van der Waals surface area contributed by atoms with Crippen LogP contribution in [0.1, 0.15) is 65.7 Å². The molecule has 0 bridgehead atoms. The SMILES string of the molecule is CCCCCC(C)C(C)N1CCCCC1. The summed E-state index contributed by atoms with van der Waals surface area (Å²) in [5, 5.41) is 0. The molecule has 0 N–H and O–H groups in total. The number of piperidine rings is 1. The minimum absolute atomic E-state index is 0.808. The van der Waals surface area contributed by atoms with Gasteiger partial charge in [0.05, 0.1) is 0 Å². The van der Waals surface area contributed by atoms with Crippen LogP contribution in [0.3, 0.4) is 0 Å². The molecule has 2 unspecified atom stereocenters. The zero-order chi connectivity index (χ0) is 11.1. The Morgan fingerprint density at radius 1 is 1.00 bits per heavy atom. The predicted octanol–water partition coefficient (Wildman–Crippen LogP) is 4.08. The van der Waals surface area contributed by atoms with Crippen molar-refractivity contribution in [3.05, 3.63) is 0 Å². The van der Waals surface area contributed by atoms with Gasteiger partial charge in [0.25, 0.3) is 0 Å². The first-order chi connectivity index (χ1) is 7.25. The van der Waals surface area contributed by atoms with E-state index in [0.717, 1.165) is 12.0 Å². The molecule has 0 spiro atoms. The molecule has 0 aromatic carbocycles. The summed E-state index contributed by atoms with van der Waals surface area (Å²) in [6.07, 6.45) is 9.91. The van der Waals surface area contributed by atoms with Crippen LogP contribution in [0.25, 0.3) is 0 Å². The second-order valence-corrected chi connectivity index (χ2v) is 5.31. The number of hydrogen-bond acceptors (Lipinski definition) is 1. The summed E-state index contributed by atoms with van der Waals surface area (Å²) >= 11 is 0. The van der Waals surface area contributed by atoms with Gasteiger partial charge in [-0.15, -0.1) is 0 Å². The average Bonchev–Trinajstić information content (AvgIpc) is 2.29. The van der Waals surface area contributed by atoms with Crippen molar-refractivity contribution in [2.24, 2.45) is 5.92 Å². The number of likely N-dealkylation sites (tertiary alicyclic amines) is 1. The predicted molar refractivity (Wildman–Crippen MR) is 68.2 cm³/mol. The molecule has 1 saturated heterocycles. The Morgan fingerprint density at radius 3 is 2.27 bits per heavy atom. The molecule has 15 heavy (non-hydrogen) atoms. The zero-order valence-electron chi connectivity index (χ0n) is 11.0. The van der Waals surface area contributed by atoms with Crippen molar-refractivity contribution >= 4 is 0 Å². The van der Waals surface area contributed by atoms with Crippen molar-refractivity contribution in [3.8, 4) is 0 Å². The molecule has 1 nitrogen and oxygen atoms in total. The standard InChI is InChI=1S/C14H29N/c1-4-5-7-10-13(2)14(3)15-11-8-6-9-12-15/h13-14H,4-12H2,1-3H3. The number of nitrogens with zero attached hydrogens (tertiary/aromatic N) is 1. The third-order valence-corrected chi connectivity index (χ3v) is 4.05. The van der Waals surface area contributed by atoms with Crippen LogP contribution in [0.2, 0.25) is 0 Å². The third-order valence-electron chi connectivity index (χ3n) is 4.05. The van der Waals surface area contributed by atoms with Gasteiger partial charge in [-0.2, -0.15) is 0 Å². The lowest BCUT2D eigenvalue weighted by atomic mass is 9.94. The van der Waals surface area contributed by atoms with Crippen molar-refractivity contribution in [1.82, 2.24) is 4.90 Å². The Morgan fingerprint density at radius 2 is 1.67 bits per heavy atom. The molecule has 1 heterocycles. The first-order valence-electron chi connectivity index (χ1n) is 6.99. The second kappa shape index (κ2) is 7.27. The smallest absolute Gasteiger partial charge is 0.00925 e. The van der Waals surface area contributed by atoms with Gasteiger partial charge in [-0.25, -0.2) is 0 Å². The molecule has 1 aliphatic heterocycles. The topological polar surface area (TPSA) is 3.24 Å². The molecule has 0 saturated carbocycles. The Hall–Kier alpha value is -0.0400. The second-order valence-electron chi connectivity index (χ2n) is 5.31. The van der Waals surface area contributed by atoms with E-state index in [0.29, 0.717) is 0 Å². The normalized spacial score (nSPS) is 22.6. The summed E-state index contributed by atoms with van der Waals surface area (Å²) in [6, 6.07) is 0.808. The molecule has 0 amide bonds. The Labute approximate surface area is 96.2 Å². The van der Waals surface area contributed by atoms with Crippen LogP contribution < -0.4 is 0 Å². The minimum atomic E-state index is 0.808. The van der Waals surface area contributed by atoms with E-state index in [4.69, 9.17) is 0 Å². The van der Waals surface area contributed by atoms with E-state index in [1.54, 1.807) is 0 Å². The largest absolute Gasteiger partial charge is 0.300 e. The van der Waals surface area contributed by atoms with E-state index in [9.17, 15) is 0 Å². The van der Waals surface area contributed by atoms with Gasteiger partial charge in [-0.1, -0.05) is 39.5 Å². The van der Waals surface area contributed by atoms with Crippen molar-refractivity contribution in [1.29, 1.82) is 0 Å². The van der Waals surface area contributed by atoms with Crippen LogP contribution in [-0.4, -0.2) is 24.0 Å². The number of rotatable bonds is 6. The van der Waals surface area contributed by atoms with Crippen LogP contribution in [0.5, 0.6) is 0 Å². The van der Waals surface area contributed by atoms with Gasteiger partial charge in [0.2, 0.25) is 0 Å². The lowest BCUT2D eigenvalue weighted by molar-refractivity contribution is 0.129. The highest BCUT2D eigenvalue weighted by Gasteiger charge is 2.20. The van der Waals surface area contributed by atoms with Gasteiger partial charge in [0.1, 0.15) is 0 Å². The fraction of sp³-hybridized carbons (Fsp3) is 1.00. The quantitative estimate of drug-likeness (QED) is 0.598. The molecule has 0 aromatic rings. The summed E-state index contributed by atoms with van der Waals surface area (Å²) in [4.78, 5) is 2.71. The number of hydrogen-bond donors (Lipinski definition) is 0. The van der Waals surface area contributed by atoms with Crippen LogP contribution >= 0.6 is 0 Å². The van der Waals surface area contributed by atoms with E-state index < -0.39 is 0 Å². The molecule has 0 aliphatic carbocycles. The first-order valence-corrected chi connectivity index (χ1v) is 6.99. The molecular formula is C14H29N. The molecule has 1 heteroatoms. The molecule has 1 rings (SSSR count). The van der Waals surface area contributed by atoms with E-state index in [1.807, 2.05) is 0 Å². The van der Waals surface area contributed by atoms with E-state index in [2.05, 4.69) is 25.7 Å². The lowest BCUT2D eigenvalue weighted by Gasteiger charge is -2.35. The molecule has 0 radical (unpaired) electrons. The molecule has 2 atom stereocenters. The average molecular weight is 211 g/mol. The molecule has 1 fully saturated rings. The number of unbranched alkanes of at least 4 members (excludes halogenated alkanes) is 2. The van der Waals surface area contributed by atoms with Gasteiger partial charge in [0, 0.05) is 6.04 Å². The van der Waals surface area contributed by atoms with Gasteiger partial charge in [0.15, 0.2) is 0 Å². The van der Waals surface area contributed by atoms with Crippen molar-refractivity contribution in [3.63, 3.8) is 0 Å². The summed E-state index contributed by atoms with van der Waals surface area (Å²) < 4.78 is 0. The highest BCUT2D eigenvalue weighted by Crippen LogP contribution is 2.21. The lowest BCUT2D eigenvalue weighted by Crippen LogP contribution is -2.40. The van der Waals surface area contributed by atoms with Gasteiger partial charge in [-0.05, 0) is 45.2 Å². The van der Waals surface area contributed by atoms with E-state index in [1.165, 1.54) is 58.0 Å². The monoisotopic (exact) mass is 211 g/mol. The van der Waals surface area contributed by atoms with Gasteiger partial charge < -0.3 is 4.90 Å². The Kier molecular flexibility index (Phi) is 6.31. The van der Waals surface area contributed by atoms with Gasteiger partial charge >= 0.3 is 0 Å². The van der Waals surface area contributed by atoms with Crippen LogP contribution in [0.4, 0.5) is 0 Å². The van der Waals surface area contributed by atoms with Crippen molar-refractivity contribution < 1.29 is 0 Å². The maximum Gasteiger partial charge on any atom is 0.00925 e. The van der Waals surface area contributed by atoms with Crippen LogP contribution in [-0.2, 0) is 0 Å².